The van der Waals surface area contributed by atoms with Crippen LogP contribution < -0.4 is 0 Å². The van der Waals surface area contributed by atoms with Crippen molar-refractivity contribution in [1.82, 2.24) is 4.90 Å². The van der Waals surface area contributed by atoms with Crippen molar-refractivity contribution in [3.63, 3.8) is 0 Å². The number of carbonyl (C=O) groups is 4. The average molecular weight is 425 g/mol. The van der Waals surface area contributed by atoms with Crippen molar-refractivity contribution in [3.8, 4) is 0 Å². The van der Waals surface area contributed by atoms with Gasteiger partial charge in [-0.05, 0) is 68.2 Å². The van der Waals surface area contributed by atoms with Crippen molar-refractivity contribution < 1.29 is 28.3 Å². The molecule has 3 fully saturated rings. The molecule has 5 rings (SSSR count). The van der Waals surface area contributed by atoms with E-state index in [-0.39, 0.29) is 65.4 Å². The van der Waals surface area contributed by atoms with E-state index in [4.69, 9.17) is 4.74 Å². The highest BCUT2D eigenvalue weighted by Gasteiger charge is 2.60. The quantitative estimate of drug-likeness (QED) is 0.314. The summed E-state index contributed by atoms with van der Waals surface area (Å²) in [6.45, 7) is -0.382. The molecule has 2 bridgehead atoms. The fraction of sp³-hybridized carbons (Fsp3) is 0.500. The maximum Gasteiger partial charge on any atom is 0.309 e. The van der Waals surface area contributed by atoms with Crippen LogP contribution in [0.3, 0.4) is 0 Å². The average Bonchev–Trinajstić information content (AvgIpc) is 3.46. The van der Waals surface area contributed by atoms with Gasteiger partial charge >= 0.3 is 5.97 Å². The van der Waals surface area contributed by atoms with Crippen LogP contribution in [0.4, 0.5) is 4.39 Å². The molecule has 3 aliphatic carbocycles. The molecule has 2 amide bonds. The van der Waals surface area contributed by atoms with Crippen LogP contribution in [0.2, 0.25) is 0 Å². The third-order valence-electron chi connectivity index (χ3n) is 7.41. The van der Waals surface area contributed by atoms with Gasteiger partial charge in [0.25, 0.3) is 0 Å². The molecule has 162 valence electrons. The summed E-state index contributed by atoms with van der Waals surface area (Å²) in [4.78, 5) is 51.9. The number of Topliss-reactive ketones (excluding diaryl/α,β-unsaturated/α-hetero) is 1. The van der Waals surface area contributed by atoms with Crippen LogP contribution in [0.5, 0.6) is 0 Å². The molecular weight excluding hydrogens is 401 g/mol. The minimum atomic E-state index is -0.438. The first-order valence-corrected chi connectivity index (χ1v) is 10.9. The smallest absolute Gasteiger partial charge is 0.309 e. The first kappa shape index (κ1) is 20.1. The van der Waals surface area contributed by atoms with Crippen molar-refractivity contribution in [2.45, 2.75) is 38.1 Å². The normalized spacial score (nSPS) is 33.6. The minimum Gasteiger partial charge on any atom is -0.457 e. The monoisotopic (exact) mass is 425 g/mol. The largest absolute Gasteiger partial charge is 0.457 e. The Morgan fingerprint density at radius 3 is 2.10 bits per heavy atom. The molecule has 1 heterocycles. The lowest BCUT2D eigenvalue weighted by Crippen LogP contribution is -2.44. The second kappa shape index (κ2) is 7.70. The van der Waals surface area contributed by atoms with Crippen LogP contribution >= 0.6 is 0 Å². The summed E-state index contributed by atoms with van der Waals surface area (Å²) in [5, 5.41) is 0. The lowest BCUT2D eigenvalue weighted by molar-refractivity contribution is -0.149. The van der Waals surface area contributed by atoms with Crippen LogP contribution in [-0.4, -0.2) is 41.1 Å². The highest BCUT2D eigenvalue weighted by molar-refractivity contribution is 6.06. The fourth-order valence-corrected chi connectivity index (χ4v) is 5.83. The Morgan fingerprint density at radius 2 is 1.52 bits per heavy atom. The van der Waals surface area contributed by atoms with Gasteiger partial charge in [0.2, 0.25) is 11.8 Å². The number of ether oxygens (including phenoxy) is 1. The number of likely N-dealkylation sites (tertiary alicyclic amines) is 1. The Morgan fingerprint density at radius 1 is 0.935 bits per heavy atom. The zero-order valence-corrected chi connectivity index (χ0v) is 17.0. The Bertz CT molecular complexity index is 933. The lowest BCUT2D eigenvalue weighted by Gasteiger charge is -2.33. The van der Waals surface area contributed by atoms with Gasteiger partial charge in [-0.15, -0.1) is 0 Å². The molecule has 0 unspecified atom stereocenters. The summed E-state index contributed by atoms with van der Waals surface area (Å²) in [6, 6.07) is 4.94. The first-order chi connectivity index (χ1) is 14.9. The lowest BCUT2D eigenvalue weighted by atomic mass is 9.85. The predicted octanol–water partition coefficient (Wildman–Crippen LogP) is 2.92. The van der Waals surface area contributed by atoms with Gasteiger partial charge in [0.05, 0.1) is 17.8 Å². The van der Waals surface area contributed by atoms with E-state index in [1.54, 1.807) is 0 Å². The van der Waals surface area contributed by atoms with Crippen LogP contribution in [0.25, 0.3) is 0 Å². The van der Waals surface area contributed by atoms with Gasteiger partial charge in [-0.25, -0.2) is 4.39 Å². The number of allylic oxidation sites excluding steroid dienone is 2. The van der Waals surface area contributed by atoms with Gasteiger partial charge in [-0.3, -0.25) is 24.1 Å². The maximum atomic E-state index is 13.0. The highest BCUT2D eigenvalue weighted by atomic mass is 19.1. The number of ketones is 1. The number of rotatable bonds is 5. The highest BCUT2D eigenvalue weighted by Crippen LogP contribution is 2.53. The van der Waals surface area contributed by atoms with Gasteiger partial charge in [0.15, 0.2) is 12.4 Å². The molecule has 4 atom stereocenters. The van der Waals surface area contributed by atoms with E-state index in [1.807, 2.05) is 0 Å². The topological polar surface area (TPSA) is 80.8 Å². The molecule has 0 spiro atoms. The molecule has 7 heteroatoms. The van der Waals surface area contributed by atoms with E-state index in [9.17, 15) is 23.6 Å². The molecule has 4 aliphatic rings. The van der Waals surface area contributed by atoms with Crippen LogP contribution in [-0.2, 0) is 19.1 Å². The Kier molecular flexibility index (Phi) is 4.99. The number of esters is 1. The SMILES string of the molecule is O=C(COC(=O)C1CCC(N2C(=O)[C@@H]3[C@@H](C2=O)[C@H]2C=C[C@H]3C2)CC1)c1ccc(F)cc1. The number of amides is 2. The maximum absolute atomic E-state index is 13.0. The summed E-state index contributed by atoms with van der Waals surface area (Å²) in [5.74, 6) is -1.67. The summed E-state index contributed by atoms with van der Waals surface area (Å²) in [5.41, 5.74) is 0.290. The molecular formula is C24H24FNO5. The number of fused-ring (bicyclic) bond motifs is 5. The van der Waals surface area contributed by atoms with Crippen molar-refractivity contribution >= 4 is 23.6 Å². The molecule has 2 saturated carbocycles. The van der Waals surface area contributed by atoms with E-state index in [1.165, 1.54) is 29.2 Å². The summed E-state index contributed by atoms with van der Waals surface area (Å²) < 4.78 is 18.2. The van der Waals surface area contributed by atoms with E-state index in [0.717, 1.165) is 6.42 Å². The summed E-state index contributed by atoms with van der Waals surface area (Å²) in [6.07, 6.45) is 7.27. The molecule has 1 aromatic carbocycles. The third-order valence-corrected chi connectivity index (χ3v) is 7.41. The van der Waals surface area contributed by atoms with Gasteiger partial charge in [0.1, 0.15) is 5.82 Å². The Hall–Kier alpha value is -2.83. The molecule has 31 heavy (non-hydrogen) atoms. The van der Waals surface area contributed by atoms with Gasteiger partial charge in [-0.2, -0.15) is 0 Å². The van der Waals surface area contributed by atoms with Crippen LogP contribution in [0, 0.1) is 35.4 Å². The number of carbonyl (C=O) groups excluding carboxylic acids is 4. The van der Waals surface area contributed by atoms with Crippen molar-refractivity contribution in [2.24, 2.45) is 29.6 Å². The van der Waals surface area contributed by atoms with Crippen LogP contribution in [0.1, 0.15) is 42.5 Å². The Labute approximate surface area is 179 Å². The molecule has 1 aromatic rings. The third kappa shape index (κ3) is 3.40. The first-order valence-electron chi connectivity index (χ1n) is 10.9. The molecule has 0 radical (unpaired) electrons. The number of imide groups is 1. The number of nitrogens with zero attached hydrogens (tertiary/aromatic N) is 1. The van der Waals surface area contributed by atoms with Crippen LogP contribution in [0.15, 0.2) is 36.4 Å². The van der Waals surface area contributed by atoms with E-state index < -0.39 is 11.8 Å². The predicted molar refractivity (Wildman–Crippen MR) is 107 cm³/mol. The summed E-state index contributed by atoms with van der Waals surface area (Å²) >= 11 is 0. The summed E-state index contributed by atoms with van der Waals surface area (Å²) in [7, 11) is 0. The molecule has 0 N–H and O–H groups in total. The fourth-order valence-electron chi connectivity index (χ4n) is 5.83. The standard InChI is InChI=1S/C24H24FNO5/c25-17-7-3-13(4-8-17)19(27)12-31-24(30)14-5-9-18(10-6-14)26-22(28)20-15-1-2-16(11-15)21(20)23(26)29/h1-4,7-8,14-16,18,20-21H,5-6,9-12H2/t14?,15-,16-,18?,20-,21-/m0/s1. The van der Waals surface area contributed by atoms with Gasteiger partial charge in [0, 0.05) is 11.6 Å². The van der Waals surface area contributed by atoms with Gasteiger partial charge < -0.3 is 4.74 Å². The number of hydrogen-bond acceptors (Lipinski definition) is 5. The minimum absolute atomic E-state index is 0.0391. The second-order valence-electron chi connectivity index (χ2n) is 9.09. The van der Waals surface area contributed by atoms with E-state index in [2.05, 4.69) is 12.2 Å². The molecule has 1 aliphatic heterocycles. The zero-order valence-electron chi connectivity index (χ0n) is 17.0. The zero-order chi connectivity index (χ0) is 21.7. The van der Waals surface area contributed by atoms with Crippen molar-refractivity contribution in [3.05, 3.63) is 47.8 Å². The van der Waals surface area contributed by atoms with Crippen molar-refractivity contribution in [1.29, 1.82) is 0 Å². The van der Waals surface area contributed by atoms with Crippen molar-refractivity contribution in [2.75, 3.05) is 6.61 Å². The van der Waals surface area contributed by atoms with E-state index in [0.29, 0.717) is 25.7 Å². The van der Waals surface area contributed by atoms with E-state index >= 15 is 0 Å². The molecule has 0 aromatic heterocycles. The number of benzene rings is 1. The second-order valence-corrected chi connectivity index (χ2v) is 9.09. The molecule has 1 saturated heterocycles. The molecule has 6 nitrogen and oxygen atoms in total. The number of hydrogen-bond donors (Lipinski definition) is 0. The Balaban J connectivity index is 1.13. The number of halogens is 1. The van der Waals surface area contributed by atoms with Gasteiger partial charge in [-0.1, -0.05) is 12.2 Å².